The Hall–Kier alpha value is -0.240. The first-order chi connectivity index (χ1) is 15.7. The van der Waals surface area contributed by atoms with Crippen molar-refractivity contribution >= 4 is 0 Å². The van der Waals surface area contributed by atoms with Crippen LogP contribution in [0.15, 0.2) is 0 Å². The molecule has 34 heavy (non-hydrogen) atoms. The lowest BCUT2D eigenvalue weighted by Gasteiger charge is -2.39. The fraction of sp³-hybridized carbons (Fsp3) is 1.00. The average Bonchev–Trinajstić information content (AvgIpc) is 3.01. The second-order valence-corrected chi connectivity index (χ2v) is 14.3. The fourth-order valence-electron chi connectivity index (χ4n) is 7.07. The van der Waals surface area contributed by atoms with E-state index in [2.05, 4.69) is 87.3 Å². The predicted octanol–water partition coefficient (Wildman–Crippen LogP) is 3.72. The number of nitrogens with one attached hydrogen (secondary N) is 6. The molecule has 4 rings (SSSR count). The summed E-state index contributed by atoms with van der Waals surface area (Å²) in [5.41, 5.74) is 0.825. The maximum absolute atomic E-state index is 3.94. The third-order valence-corrected chi connectivity index (χ3v) is 10.5. The number of hydrogen-bond donors (Lipinski definition) is 6. The smallest absolute Gasteiger partial charge is 0.0697 e. The molecule has 6 heteroatoms. The molecule has 2 saturated heterocycles. The minimum Gasteiger partial charge on any atom is -0.314 e. The van der Waals surface area contributed by atoms with Gasteiger partial charge in [0.05, 0.1) is 11.3 Å². The van der Waals surface area contributed by atoms with Crippen molar-refractivity contribution in [2.75, 3.05) is 13.1 Å². The summed E-state index contributed by atoms with van der Waals surface area (Å²) in [7, 11) is 0. The summed E-state index contributed by atoms with van der Waals surface area (Å²) in [5.74, 6) is 0. The molecule has 4 aliphatic rings. The monoisotopic (exact) mass is 476 g/mol. The Kier molecular flexibility index (Phi) is 7.30. The Bertz CT molecular complexity index is 600. The lowest BCUT2D eigenvalue weighted by molar-refractivity contribution is 0.182. The molecule has 2 aliphatic heterocycles. The molecule has 2 aliphatic carbocycles. The van der Waals surface area contributed by atoms with Crippen molar-refractivity contribution in [3.05, 3.63) is 0 Å². The second-order valence-electron chi connectivity index (χ2n) is 14.3. The topological polar surface area (TPSA) is 72.2 Å². The summed E-state index contributed by atoms with van der Waals surface area (Å²) in [6.07, 6.45) is 12.5. The molecular formula is C28H56N6. The van der Waals surface area contributed by atoms with Crippen LogP contribution in [0.2, 0.25) is 0 Å². The normalized spacial score (nSPS) is 33.0. The van der Waals surface area contributed by atoms with Gasteiger partial charge in [0.15, 0.2) is 0 Å². The molecule has 0 unspecified atom stereocenters. The third kappa shape index (κ3) is 5.38. The molecule has 0 aromatic rings. The van der Waals surface area contributed by atoms with E-state index < -0.39 is 0 Å². The predicted molar refractivity (Wildman–Crippen MR) is 144 cm³/mol. The van der Waals surface area contributed by atoms with Gasteiger partial charge in [-0.2, -0.15) is 0 Å². The summed E-state index contributed by atoms with van der Waals surface area (Å²) < 4.78 is 0. The molecule has 0 aromatic heterocycles. The van der Waals surface area contributed by atoms with Crippen molar-refractivity contribution < 1.29 is 0 Å². The van der Waals surface area contributed by atoms with Crippen LogP contribution >= 0.6 is 0 Å². The summed E-state index contributed by atoms with van der Waals surface area (Å²) in [6.45, 7) is 21.0. The summed E-state index contributed by atoms with van der Waals surface area (Å²) in [6, 6.07) is 1.37. The van der Waals surface area contributed by atoms with Crippen LogP contribution in [-0.2, 0) is 0 Å². The lowest BCUT2D eigenvalue weighted by atomic mass is 9.85. The Labute approximate surface area is 210 Å². The first kappa shape index (κ1) is 26.8. The van der Waals surface area contributed by atoms with Gasteiger partial charge < -0.3 is 10.6 Å². The van der Waals surface area contributed by atoms with Gasteiger partial charge >= 0.3 is 0 Å². The number of rotatable bonds is 7. The lowest BCUT2D eigenvalue weighted by Crippen LogP contribution is -2.56. The van der Waals surface area contributed by atoms with E-state index in [0.717, 1.165) is 13.1 Å². The summed E-state index contributed by atoms with van der Waals surface area (Å²) in [4.78, 5) is 0. The van der Waals surface area contributed by atoms with E-state index in [4.69, 9.17) is 0 Å². The van der Waals surface area contributed by atoms with Gasteiger partial charge in [0.2, 0.25) is 0 Å². The first-order valence-corrected chi connectivity index (χ1v) is 14.3. The largest absolute Gasteiger partial charge is 0.314 e. The van der Waals surface area contributed by atoms with Crippen molar-refractivity contribution in [2.24, 2.45) is 0 Å². The van der Waals surface area contributed by atoms with Gasteiger partial charge in [0.25, 0.3) is 0 Å². The van der Waals surface area contributed by atoms with Crippen LogP contribution in [-0.4, -0.2) is 58.7 Å². The molecule has 198 valence electrons. The highest BCUT2D eigenvalue weighted by Gasteiger charge is 2.55. The quantitative estimate of drug-likeness (QED) is 0.315. The van der Waals surface area contributed by atoms with Crippen LogP contribution in [0.1, 0.15) is 120 Å². The van der Waals surface area contributed by atoms with Crippen LogP contribution in [0.4, 0.5) is 0 Å². The highest BCUT2D eigenvalue weighted by molar-refractivity contribution is 5.16. The minimum absolute atomic E-state index is 0.135. The van der Waals surface area contributed by atoms with Crippen LogP contribution in [0.5, 0.6) is 0 Å². The van der Waals surface area contributed by atoms with Crippen molar-refractivity contribution in [1.29, 1.82) is 0 Å². The maximum atomic E-state index is 3.94. The van der Waals surface area contributed by atoms with E-state index in [0.29, 0.717) is 12.1 Å². The van der Waals surface area contributed by atoms with E-state index in [9.17, 15) is 0 Å². The van der Waals surface area contributed by atoms with E-state index >= 15 is 0 Å². The zero-order valence-electron chi connectivity index (χ0n) is 23.6. The number of hydrogen-bond acceptors (Lipinski definition) is 6. The van der Waals surface area contributed by atoms with Crippen LogP contribution in [0.25, 0.3) is 0 Å². The summed E-state index contributed by atoms with van der Waals surface area (Å²) >= 11 is 0. The van der Waals surface area contributed by atoms with Gasteiger partial charge in [-0.3, -0.25) is 21.3 Å². The third-order valence-electron chi connectivity index (χ3n) is 10.5. The average molecular weight is 477 g/mol. The minimum atomic E-state index is 0.135. The molecule has 0 atom stereocenters. The van der Waals surface area contributed by atoms with Gasteiger partial charge in [0, 0.05) is 34.2 Å². The zero-order valence-corrected chi connectivity index (χ0v) is 23.6. The van der Waals surface area contributed by atoms with Gasteiger partial charge in [-0.1, -0.05) is 0 Å². The molecule has 0 radical (unpaired) electrons. The van der Waals surface area contributed by atoms with Crippen LogP contribution < -0.4 is 31.9 Å². The van der Waals surface area contributed by atoms with Gasteiger partial charge in [0.1, 0.15) is 0 Å². The van der Waals surface area contributed by atoms with Crippen molar-refractivity contribution in [2.45, 2.75) is 165 Å². The van der Waals surface area contributed by atoms with E-state index in [1.807, 2.05) is 0 Å². The SMILES string of the molecule is CC1(C)NC2(CCC(NCCCCNC3CCC4(CC3)NC(C)(C)C(C)(C)N4)CC2)NC1(C)C. The Morgan fingerprint density at radius 1 is 0.500 bits per heavy atom. The molecule has 0 bridgehead atoms. The molecule has 2 spiro atoms. The number of unbranched alkanes of at least 4 members (excludes halogenated alkanes) is 1. The second kappa shape index (κ2) is 9.25. The Balaban J connectivity index is 1.06. The van der Waals surface area contributed by atoms with E-state index in [1.54, 1.807) is 0 Å². The first-order valence-electron chi connectivity index (χ1n) is 14.3. The van der Waals surface area contributed by atoms with Crippen molar-refractivity contribution in [3.8, 4) is 0 Å². The zero-order chi connectivity index (χ0) is 24.9. The Morgan fingerprint density at radius 2 is 0.765 bits per heavy atom. The molecule has 6 N–H and O–H groups in total. The maximum Gasteiger partial charge on any atom is 0.0697 e. The standard InChI is InChI=1S/C28H56N6/c1-23(2)24(3,4)32-27(31-23)15-11-21(12-16-27)29-19-9-10-20-30-22-13-17-28(18-14-22)33-25(5,6)26(7,8)34-28/h21-22,29-34H,9-20H2,1-8H3. The Morgan fingerprint density at radius 3 is 1.03 bits per heavy atom. The molecule has 2 heterocycles. The van der Waals surface area contributed by atoms with Gasteiger partial charge in [-0.15, -0.1) is 0 Å². The molecular weight excluding hydrogens is 420 g/mol. The molecule has 6 nitrogen and oxygen atoms in total. The van der Waals surface area contributed by atoms with Crippen molar-refractivity contribution in [1.82, 2.24) is 31.9 Å². The molecule has 4 fully saturated rings. The van der Waals surface area contributed by atoms with Crippen molar-refractivity contribution in [3.63, 3.8) is 0 Å². The van der Waals surface area contributed by atoms with E-state index in [-0.39, 0.29) is 33.5 Å². The molecule has 2 saturated carbocycles. The van der Waals surface area contributed by atoms with Gasteiger partial charge in [-0.25, -0.2) is 0 Å². The van der Waals surface area contributed by atoms with Gasteiger partial charge in [-0.05, 0) is 133 Å². The highest BCUT2D eigenvalue weighted by atomic mass is 15.4. The van der Waals surface area contributed by atoms with E-state index in [1.165, 1.54) is 64.2 Å². The molecule has 0 aromatic carbocycles. The highest BCUT2D eigenvalue weighted by Crippen LogP contribution is 2.40. The summed E-state index contributed by atoms with van der Waals surface area (Å²) in [5, 5.41) is 23.5. The van der Waals surface area contributed by atoms with Crippen LogP contribution in [0, 0.1) is 0 Å². The fourth-order valence-corrected chi connectivity index (χ4v) is 7.07. The van der Waals surface area contributed by atoms with Crippen LogP contribution in [0.3, 0.4) is 0 Å². The molecule has 0 amide bonds.